The van der Waals surface area contributed by atoms with E-state index in [1.165, 1.54) is 0 Å². The van der Waals surface area contributed by atoms with Gasteiger partial charge < -0.3 is 4.65 Å². The molecule has 0 unspecified atom stereocenters. The average molecular weight is 323 g/mol. The van der Waals surface area contributed by atoms with Crippen molar-refractivity contribution in [3.8, 4) is 5.75 Å². The number of hydrogen-bond donors (Lipinski definition) is 0. The van der Waals surface area contributed by atoms with Gasteiger partial charge in [0.15, 0.2) is 0 Å². The Balaban J connectivity index is 1.81. The van der Waals surface area contributed by atoms with Crippen molar-refractivity contribution in [3.05, 3.63) is 96.7 Å². The summed E-state index contributed by atoms with van der Waals surface area (Å²) in [6.45, 7) is 1.83. The van der Waals surface area contributed by atoms with Crippen molar-refractivity contribution >= 4 is 28.7 Å². The van der Waals surface area contributed by atoms with Gasteiger partial charge in [0.05, 0.1) is 0 Å². The number of nitrogens with zero attached hydrogens (tertiary/aromatic N) is 1. The van der Waals surface area contributed by atoms with E-state index in [0.29, 0.717) is 0 Å². The van der Waals surface area contributed by atoms with E-state index >= 15 is 0 Å². The van der Waals surface area contributed by atoms with Crippen molar-refractivity contribution in [2.45, 2.75) is 6.92 Å². The lowest BCUT2D eigenvalue weighted by molar-refractivity contribution is 0.597. The van der Waals surface area contributed by atoms with Gasteiger partial charge in [0.1, 0.15) is 11.3 Å². The molecule has 0 amide bonds. The lowest BCUT2D eigenvalue weighted by Crippen LogP contribution is -2.47. The fraction of sp³-hybridized carbons (Fsp3) is 0.0455. The number of rotatable bonds is 4. The lowest BCUT2D eigenvalue weighted by Gasteiger charge is -2.18. The van der Waals surface area contributed by atoms with E-state index in [9.17, 15) is 0 Å². The molecule has 3 aromatic carbocycles. The maximum Gasteiger partial charge on any atom is 0.426 e. The minimum absolute atomic E-state index is 0.171. The molecule has 25 heavy (non-hydrogen) atoms. The Morgan fingerprint density at radius 1 is 0.680 bits per heavy atom. The van der Waals surface area contributed by atoms with Gasteiger partial charge in [0.25, 0.3) is 0 Å². The Bertz CT molecular complexity index is 947. The maximum absolute atomic E-state index is 6.49. The normalized spacial score (nSPS) is 10.6. The topological polar surface area (TPSA) is 22.1 Å². The fourth-order valence-corrected chi connectivity index (χ4v) is 3.02. The summed E-state index contributed by atoms with van der Waals surface area (Å²) in [5.74, 6) is 0.805. The molecule has 0 N–H and O–H groups in total. The number of para-hydroxylation sites is 1. The van der Waals surface area contributed by atoms with Crippen LogP contribution in [-0.2, 0) is 0 Å². The monoisotopic (exact) mass is 323 g/mol. The number of pyridine rings is 1. The van der Waals surface area contributed by atoms with Crippen molar-refractivity contribution in [1.29, 1.82) is 0 Å². The van der Waals surface area contributed by atoms with Crippen LogP contribution in [0, 0.1) is 6.92 Å². The van der Waals surface area contributed by atoms with E-state index < -0.39 is 0 Å². The minimum atomic E-state index is -0.171. The number of fused-ring (bicyclic) bond motifs is 1. The van der Waals surface area contributed by atoms with Crippen molar-refractivity contribution in [2.75, 3.05) is 0 Å². The van der Waals surface area contributed by atoms with E-state index in [0.717, 1.165) is 33.3 Å². The lowest BCUT2D eigenvalue weighted by atomic mass is 9.55. The summed E-state index contributed by atoms with van der Waals surface area (Å²) in [6.07, 6.45) is 0. The standard InChI is InChI=1S/C22H18BNO/c1-17-15-16-18-9-8-14-21(22(18)24-17)25-23(19-10-4-2-5-11-19)20-12-6-3-7-13-20/h2-16H,1H3. The third kappa shape index (κ3) is 3.27. The first kappa shape index (κ1) is 15.5. The highest BCUT2D eigenvalue weighted by Crippen LogP contribution is 2.24. The van der Waals surface area contributed by atoms with Crippen LogP contribution in [0.15, 0.2) is 91.0 Å². The highest BCUT2D eigenvalue weighted by atomic mass is 16.4. The molecule has 1 aromatic heterocycles. The molecule has 3 heteroatoms. The smallest absolute Gasteiger partial charge is 0.426 e. The first-order valence-corrected chi connectivity index (χ1v) is 8.44. The zero-order valence-electron chi connectivity index (χ0n) is 14.1. The van der Waals surface area contributed by atoms with Crippen molar-refractivity contribution in [3.63, 3.8) is 0 Å². The van der Waals surface area contributed by atoms with Gasteiger partial charge in [0.2, 0.25) is 0 Å². The molecule has 1 heterocycles. The predicted octanol–water partition coefficient (Wildman–Crippen LogP) is 3.73. The molecule has 0 aliphatic heterocycles. The van der Waals surface area contributed by atoms with Crippen molar-refractivity contribution < 1.29 is 4.65 Å². The molecule has 0 radical (unpaired) electrons. The highest BCUT2D eigenvalue weighted by Gasteiger charge is 2.24. The number of aryl methyl sites for hydroxylation is 1. The third-order valence-electron chi connectivity index (χ3n) is 4.27. The molecule has 0 spiro atoms. The number of hydrogen-bond acceptors (Lipinski definition) is 2. The van der Waals surface area contributed by atoms with E-state index in [1.54, 1.807) is 0 Å². The largest absolute Gasteiger partial charge is 0.550 e. The Morgan fingerprint density at radius 2 is 1.32 bits per heavy atom. The first-order valence-electron chi connectivity index (χ1n) is 8.44. The van der Waals surface area contributed by atoms with Crippen molar-refractivity contribution in [1.82, 2.24) is 4.98 Å². The zero-order chi connectivity index (χ0) is 17.1. The summed E-state index contributed by atoms with van der Waals surface area (Å²) in [5, 5.41) is 1.09. The van der Waals surface area contributed by atoms with Crippen LogP contribution in [0.25, 0.3) is 10.9 Å². The molecular formula is C22H18BNO. The van der Waals surface area contributed by atoms with Crippen LogP contribution in [-0.4, -0.2) is 11.9 Å². The molecule has 0 atom stereocenters. The van der Waals surface area contributed by atoms with Crippen LogP contribution >= 0.6 is 0 Å². The van der Waals surface area contributed by atoms with Gasteiger partial charge in [-0.25, -0.2) is 4.98 Å². The van der Waals surface area contributed by atoms with Gasteiger partial charge in [-0.15, -0.1) is 0 Å². The zero-order valence-corrected chi connectivity index (χ0v) is 14.1. The molecule has 2 nitrogen and oxygen atoms in total. The second kappa shape index (κ2) is 6.82. The van der Waals surface area contributed by atoms with E-state index in [-0.39, 0.29) is 6.92 Å². The molecule has 0 saturated carbocycles. The van der Waals surface area contributed by atoms with E-state index in [4.69, 9.17) is 9.64 Å². The van der Waals surface area contributed by atoms with Gasteiger partial charge in [-0.05, 0) is 30.0 Å². The third-order valence-corrected chi connectivity index (χ3v) is 4.27. The SMILES string of the molecule is Cc1ccc2cccc(OB(c3ccccc3)c3ccccc3)c2n1. The predicted molar refractivity (Wildman–Crippen MR) is 105 cm³/mol. The van der Waals surface area contributed by atoms with E-state index in [2.05, 4.69) is 36.4 Å². The number of aromatic nitrogens is 1. The minimum Gasteiger partial charge on any atom is -0.550 e. The molecule has 0 saturated heterocycles. The summed E-state index contributed by atoms with van der Waals surface area (Å²) >= 11 is 0. The highest BCUT2D eigenvalue weighted by molar-refractivity contribution is 6.80. The maximum atomic E-state index is 6.49. The summed E-state index contributed by atoms with van der Waals surface area (Å²) < 4.78 is 6.49. The first-order chi connectivity index (χ1) is 12.3. The van der Waals surface area contributed by atoms with Gasteiger partial charge in [0, 0.05) is 11.1 Å². The second-order valence-corrected chi connectivity index (χ2v) is 6.10. The molecular weight excluding hydrogens is 305 g/mol. The number of benzene rings is 3. The summed E-state index contributed by atoms with van der Waals surface area (Å²) in [7, 11) is 0. The van der Waals surface area contributed by atoms with Gasteiger partial charge in [-0.2, -0.15) is 0 Å². The van der Waals surface area contributed by atoms with Gasteiger partial charge in [-0.3, -0.25) is 0 Å². The van der Waals surface area contributed by atoms with Gasteiger partial charge >= 0.3 is 6.92 Å². The van der Waals surface area contributed by atoms with Crippen LogP contribution in [0.2, 0.25) is 0 Å². The summed E-state index contributed by atoms with van der Waals surface area (Å²) in [6, 6.07) is 30.8. The Morgan fingerprint density at radius 3 is 1.96 bits per heavy atom. The Kier molecular flexibility index (Phi) is 4.22. The van der Waals surface area contributed by atoms with Crippen molar-refractivity contribution in [2.24, 2.45) is 0 Å². The molecule has 0 fully saturated rings. The summed E-state index contributed by atoms with van der Waals surface area (Å²) in [4.78, 5) is 4.69. The Labute approximate surface area is 148 Å². The molecule has 120 valence electrons. The Hall–Kier alpha value is -3.07. The summed E-state index contributed by atoms with van der Waals surface area (Å²) in [5.41, 5.74) is 4.13. The van der Waals surface area contributed by atoms with Crippen LogP contribution in [0.3, 0.4) is 0 Å². The second-order valence-electron chi connectivity index (χ2n) is 6.10. The molecule has 0 aliphatic rings. The van der Waals surface area contributed by atoms with Crippen LogP contribution in [0.4, 0.5) is 0 Å². The van der Waals surface area contributed by atoms with Gasteiger partial charge in [-0.1, -0.05) is 78.9 Å². The van der Waals surface area contributed by atoms with Crippen LogP contribution in [0.1, 0.15) is 5.69 Å². The molecule has 0 aliphatic carbocycles. The average Bonchev–Trinajstić information content (AvgIpc) is 2.67. The van der Waals surface area contributed by atoms with Crippen LogP contribution in [0.5, 0.6) is 5.75 Å². The molecule has 4 rings (SSSR count). The molecule has 4 aromatic rings. The van der Waals surface area contributed by atoms with E-state index in [1.807, 2.05) is 61.5 Å². The molecule has 0 bridgehead atoms. The fourth-order valence-electron chi connectivity index (χ4n) is 3.02. The quantitative estimate of drug-likeness (QED) is 0.534. The van der Waals surface area contributed by atoms with Crippen LogP contribution < -0.4 is 15.6 Å².